The van der Waals surface area contributed by atoms with Crippen molar-refractivity contribution in [3.05, 3.63) is 0 Å². The molecule has 18 heavy (non-hydrogen) atoms. The van der Waals surface area contributed by atoms with Crippen molar-refractivity contribution >= 4 is 29.9 Å². The molecule has 0 atom stereocenters. The Bertz CT molecular complexity index is 207. The van der Waals surface area contributed by atoms with E-state index in [0.717, 1.165) is 25.5 Å². The van der Waals surface area contributed by atoms with Gasteiger partial charge in [0.05, 0.1) is 0 Å². The van der Waals surface area contributed by atoms with Gasteiger partial charge in [0.15, 0.2) is 5.96 Å². The van der Waals surface area contributed by atoms with Gasteiger partial charge in [0.25, 0.3) is 0 Å². The molecule has 4 nitrogen and oxygen atoms in total. The van der Waals surface area contributed by atoms with Gasteiger partial charge in [-0.15, -0.1) is 24.0 Å². The molecule has 0 saturated carbocycles. The predicted molar refractivity (Wildman–Crippen MR) is 92.1 cm³/mol. The van der Waals surface area contributed by atoms with Crippen LogP contribution in [0.15, 0.2) is 4.99 Å². The van der Waals surface area contributed by atoms with Crippen molar-refractivity contribution < 1.29 is 0 Å². The van der Waals surface area contributed by atoms with Crippen LogP contribution in [-0.2, 0) is 0 Å². The highest BCUT2D eigenvalue weighted by molar-refractivity contribution is 14.0. The molecule has 0 fully saturated rings. The van der Waals surface area contributed by atoms with Gasteiger partial charge in [-0.2, -0.15) is 0 Å². The third-order valence-corrected chi connectivity index (χ3v) is 2.88. The number of unbranched alkanes of at least 4 members (excludes halogenated alkanes) is 1. The molecule has 110 valence electrons. The fourth-order valence-electron chi connectivity index (χ4n) is 1.42. The van der Waals surface area contributed by atoms with Gasteiger partial charge in [0.2, 0.25) is 0 Å². The first kappa shape index (κ1) is 20.3. The van der Waals surface area contributed by atoms with Crippen molar-refractivity contribution in [2.75, 3.05) is 33.7 Å². The zero-order valence-corrected chi connectivity index (χ0v) is 15.0. The quantitative estimate of drug-likeness (QED) is 0.298. The summed E-state index contributed by atoms with van der Waals surface area (Å²) in [6.45, 7) is 9.76. The average Bonchev–Trinajstić information content (AvgIpc) is 2.32. The van der Waals surface area contributed by atoms with Crippen LogP contribution < -0.4 is 10.6 Å². The van der Waals surface area contributed by atoms with E-state index in [1.165, 1.54) is 19.4 Å². The zero-order chi connectivity index (χ0) is 13.1. The Morgan fingerprint density at radius 3 is 2.28 bits per heavy atom. The van der Waals surface area contributed by atoms with E-state index in [4.69, 9.17) is 0 Å². The second-order valence-electron chi connectivity index (χ2n) is 4.71. The molecule has 0 rings (SSSR count). The van der Waals surface area contributed by atoms with Crippen molar-refractivity contribution in [2.45, 2.75) is 46.1 Å². The van der Waals surface area contributed by atoms with Crippen LogP contribution in [0, 0.1) is 0 Å². The second kappa shape index (κ2) is 13.4. The van der Waals surface area contributed by atoms with Gasteiger partial charge in [0, 0.05) is 26.2 Å². The Morgan fingerprint density at radius 1 is 1.17 bits per heavy atom. The highest BCUT2D eigenvalue weighted by atomic mass is 127. The van der Waals surface area contributed by atoms with Crippen LogP contribution in [0.4, 0.5) is 0 Å². The molecule has 0 spiro atoms. The van der Waals surface area contributed by atoms with E-state index in [0.29, 0.717) is 6.04 Å². The number of rotatable bonds is 8. The Morgan fingerprint density at radius 2 is 1.78 bits per heavy atom. The molecule has 0 aromatic rings. The van der Waals surface area contributed by atoms with Gasteiger partial charge >= 0.3 is 0 Å². The third-order valence-electron chi connectivity index (χ3n) is 2.88. The normalized spacial score (nSPS) is 11.6. The molecule has 0 heterocycles. The van der Waals surface area contributed by atoms with Crippen LogP contribution in [-0.4, -0.2) is 50.6 Å². The lowest BCUT2D eigenvalue weighted by Gasteiger charge is -2.20. The summed E-state index contributed by atoms with van der Waals surface area (Å²) in [5.74, 6) is 0.920. The largest absolute Gasteiger partial charge is 0.356 e. The van der Waals surface area contributed by atoms with Crippen LogP contribution in [0.2, 0.25) is 0 Å². The first-order valence-electron chi connectivity index (χ1n) is 6.76. The zero-order valence-electron chi connectivity index (χ0n) is 12.6. The molecule has 0 saturated heterocycles. The number of nitrogens with one attached hydrogen (secondary N) is 2. The molecule has 0 aliphatic heterocycles. The van der Waals surface area contributed by atoms with E-state index in [-0.39, 0.29) is 24.0 Å². The molecule has 0 aromatic carbocycles. The fourth-order valence-corrected chi connectivity index (χ4v) is 1.42. The Hall–Kier alpha value is -0.0400. The Labute approximate surface area is 130 Å². The van der Waals surface area contributed by atoms with Gasteiger partial charge in [-0.3, -0.25) is 4.99 Å². The maximum atomic E-state index is 4.17. The highest BCUT2D eigenvalue weighted by Crippen LogP contribution is 1.97. The number of hydrogen-bond donors (Lipinski definition) is 2. The SMILES string of the molecule is CCCNC(=NC)NCCCCN(C)C(C)C.I. The van der Waals surface area contributed by atoms with E-state index in [9.17, 15) is 0 Å². The molecule has 0 unspecified atom stereocenters. The second-order valence-corrected chi connectivity index (χ2v) is 4.71. The van der Waals surface area contributed by atoms with Gasteiger partial charge in [-0.1, -0.05) is 6.92 Å². The molecular formula is C13H31IN4. The highest BCUT2D eigenvalue weighted by Gasteiger charge is 2.02. The number of halogens is 1. The first-order chi connectivity index (χ1) is 8.11. The van der Waals surface area contributed by atoms with Gasteiger partial charge < -0.3 is 15.5 Å². The van der Waals surface area contributed by atoms with Gasteiger partial charge in [-0.05, 0) is 46.7 Å². The monoisotopic (exact) mass is 370 g/mol. The van der Waals surface area contributed by atoms with E-state index >= 15 is 0 Å². The molecule has 5 heteroatoms. The summed E-state index contributed by atoms with van der Waals surface area (Å²) in [5, 5.41) is 6.59. The van der Waals surface area contributed by atoms with Gasteiger partial charge in [-0.25, -0.2) is 0 Å². The summed E-state index contributed by atoms with van der Waals surface area (Å²) in [6, 6.07) is 0.641. The summed E-state index contributed by atoms with van der Waals surface area (Å²) in [5.41, 5.74) is 0. The van der Waals surface area contributed by atoms with Crippen LogP contribution in [0.25, 0.3) is 0 Å². The molecule has 0 aliphatic rings. The van der Waals surface area contributed by atoms with Crippen LogP contribution in [0.3, 0.4) is 0 Å². The van der Waals surface area contributed by atoms with E-state index in [1.807, 2.05) is 7.05 Å². The van der Waals surface area contributed by atoms with Crippen molar-refractivity contribution in [2.24, 2.45) is 4.99 Å². The van der Waals surface area contributed by atoms with E-state index < -0.39 is 0 Å². The standard InChI is InChI=1S/C13H30N4.HI/c1-6-9-15-13(14-4)16-10-7-8-11-17(5)12(2)3;/h12H,6-11H2,1-5H3,(H2,14,15,16);1H. The maximum absolute atomic E-state index is 4.17. The number of guanidine groups is 1. The molecular weight excluding hydrogens is 339 g/mol. The van der Waals surface area contributed by atoms with Crippen LogP contribution in [0.1, 0.15) is 40.0 Å². The minimum absolute atomic E-state index is 0. The summed E-state index contributed by atoms with van der Waals surface area (Å²) < 4.78 is 0. The minimum Gasteiger partial charge on any atom is -0.356 e. The molecule has 0 aliphatic carbocycles. The summed E-state index contributed by atoms with van der Waals surface area (Å²) >= 11 is 0. The van der Waals surface area contributed by atoms with E-state index in [2.05, 4.69) is 48.3 Å². The van der Waals surface area contributed by atoms with Gasteiger partial charge in [0.1, 0.15) is 0 Å². The molecule has 0 bridgehead atoms. The lowest BCUT2D eigenvalue weighted by Crippen LogP contribution is -2.38. The molecule has 0 radical (unpaired) electrons. The third kappa shape index (κ3) is 11.1. The predicted octanol–water partition coefficient (Wildman–Crippen LogP) is 2.30. The van der Waals surface area contributed by atoms with Crippen LogP contribution in [0.5, 0.6) is 0 Å². The summed E-state index contributed by atoms with van der Waals surface area (Å²) in [7, 11) is 4.00. The lowest BCUT2D eigenvalue weighted by molar-refractivity contribution is 0.268. The Kier molecular flexibility index (Phi) is 15.1. The summed E-state index contributed by atoms with van der Waals surface area (Å²) in [6.07, 6.45) is 3.54. The van der Waals surface area contributed by atoms with Crippen molar-refractivity contribution in [3.8, 4) is 0 Å². The number of hydrogen-bond acceptors (Lipinski definition) is 2. The molecule has 0 amide bonds. The lowest BCUT2D eigenvalue weighted by atomic mass is 10.2. The van der Waals surface area contributed by atoms with Crippen LogP contribution >= 0.6 is 24.0 Å². The summed E-state index contributed by atoms with van der Waals surface area (Å²) in [4.78, 5) is 6.55. The number of aliphatic imine (C=N–C) groups is 1. The topological polar surface area (TPSA) is 39.7 Å². The van der Waals surface area contributed by atoms with Crippen molar-refractivity contribution in [1.82, 2.24) is 15.5 Å². The minimum atomic E-state index is 0. The van der Waals surface area contributed by atoms with Crippen molar-refractivity contribution in [3.63, 3.8) is 0 Å². The number of nitrogens with zero attached hydrogens (tertiary/aromatic N) is 2. The molecule has 0 aromatic heterocycles. The maximum Gasteiger partial charge on any atom is 0.190 e. The van der Waals surface area contributed by atoms with Crippen molar-refractivity contribution in [1.29, 1.82) is 0 Å². The smallest absolute Gasteiger partial charge is 0.190 e. The fraction of sp³-hybridized carbons (Fsp3) is 0.923. The average molecular weight is 370 g/mol. The first-order valence-corrected chi connectivity index (χ1v) is 6.76. The molecule has 2 N–H and O–H groups in total. The Balaban J connectivity index is 0. The van der Waals surface area contributed by atoms with E-state index in [1.54, 1.807) is 0 Å².